The van der Waals surface area contributed by atoms with Gasteiger partial charge in [0.05, 0.1) is 11.9 Å². The van der Waals surface area contributed by atoms with Gasteiger partial charge in [-0.3, -0.25) is 4.79 Å². The fourth-order valence-electron chi connectivity index (χ4n) is 1.94. The van der Waals surface area contributed by atoms with E-state index in [1.807, 2.05) is 0 Å². The van der Waals surface area contributed by atoms with Crippen LogP contribution in [0.15, 0.2) is 4.34 Å². The highest BCUT2D eigenvalue weighted by atomic mass is 32.2. The Morgan fingerprint density at radius 1 is 1.40 bits per heavy atom. The summed E-state index contributed by atoms with van der Waals surface area (Å²) in [7, 11) is 0. The van der Waals surface area contributed by atoms with Crippen molar-refractivity contribution >= 4 is 34.1 Å². The number of nitrogens with zero attached hydrogens (tertiary/aromatic N) is 2. The molecule has 1 amide bonds. The molecule has 1 aromatic rings. The molecule has 1 aliphatic heterocycles. The van der Waals surface area contributed by atoms with Crippen molar-refractivity contribution < 1.29 is 9.53 Å². The monoisotopic (exact) mass is 314 g/mol. The van der Waals surface area contributed by atoms with Gasteiger partial charge in [0.25, 0.3) is 0 Å². The van der Waals surface area contributed by atoms with Crippen molar-refractivity contribution in [3.05, 3.63) is 0 Å². The molecule has 1 saturated heterocycles. The first-order valence-corrected chi connectivity index (χ1v) is 8.71. The van der Waals surface area contributed by atoms with Gasteiger partial charge in [-0.2, -0.15) is 0 Å². The summed E-state index contributed by atoms with van der Waals surface area (Å²) in [5.74, 6) is 0.405. The van der Waals surface area contributed by atoms with Crippen LogP contribution in [0.2, 0.25) is 0 Å². The zero-order chi connectivity index (χ0) is 13.8. The molecular weight excluding hydrogens is 296 g/mol. The third-order valence-electron chi connectivity index (χ3n) is 3.19. The number of rotatable bonds is 7. The Morgan fingerprint density at radius 3 is 3.05 bits per heavy atom. The second kappa shape index (κ2) is 6.73. The molecule has 0 bridgehead atoms. The summed E-state index contributed by atoms with van der Waals surface area (Å²) in [5, 5.41) is 15.2. The fourth-order valence-corrected chi connectivity index (χ4v) is 3.60. The van der Waals surface area contributed by atoms with Gasteiger partial charge in [-0.05, 0) is 25.7 Å². The lowest BCUT2D eigenvalue weighted by Gasteiger charge is -2.09. The summed E-state index contributed by atoms with van der Waals surface area (Å²) < 4.78 is 6.30. The number of amides is 1. The molecule has 6 nitrogen and oxygen atoms in total. The Morgan fingerprint density at radius 2 is 2.30 bits per heavy atom. The van der Waals surface area contributed by atoms with E-state index >= 15 is 0 Å². The molecule has 2 fully saturated rings. The van der Waals surface area contributed by atoms with Gasteiger partial charge in [0.1, 0.15) is 0 Å². The van der Waals surface area contributed by atoms with Crippen molar-refractivity contribution in [1.29, 1.82) is 0 Å². The van der Waals surface area contributed by atoms with Crippen molar-refractivity contribution in [3.8, 4) is 0 Å². The van der Waals surface area contributed by atoms with Crippen LogP contribution in [0.3, 0.4) is 0 Å². The van der Waals surface area contributed by atoms with E-state index in [0.717, 1.165) is 28.9 Å². The number of carbonyl (C=O) groups excluding carboxylic acids is 1. The molecule has 20 heavy (non-hydrogen) atoms. The van der Waals surface area contributed by atoms with E-state index in [0.29, 0.717) is 18.3 Å². The maximum absolute atomic E-state index is 11.7. The highest BCUT2D eigenvalue weighted by Gasteiger charge is 2.22. The van der Waals surface area contributed by atoms with Crippen molar-refractivity contribution in [3.63, 3.8) is 0 Å². The minimum Gasteiger partial charge on any atom is -0.376 e. The lowest BCUT2D eigenvalue weighted by atomic mass is 10.2. The van der Waals surface area contributed by atoms with Gasteiger partial charge in [0.15, 0.2) is 4.34 Å². The molecular formula is C12H18N4O2S2. The quantitative estimate of drug-likeness (QED) is 0.743. The highest BCUT2D eigenvalue weighted by molar-refractivity contribution is 8.01. The Hall–Kier alpha value is -0.860. The van der Waals surface area contributed by atoms with Gasteiger partial charge in [0, 0.05) is 19.2 Å². The van der Waals surface area contributed by atoms with Crippen LogP contribution in [-0.4, -0.2) is 47.2 Å². The van der Waals surface area contributed by atoms with Crippen LogP contribution in [0.5, 0.6) is 0 Å². The van der Waals surface area contributed by atoms with Crippen molar-refractivity contribution in [2.24, 2.45) is 0 Å². The van der Waals surface area contributed by atoms with Crippen LogP contribution in [-0.2, 0) is 9.53 Å². The molecule has 0 unspecified atom stereocenters. The summed E-state index contributed by atoms with van der Waals surface area (Å²) in [6.07, 6.45) is 4.76. The number of nitrogens with one attached hydrogen (secondary N) is 2. The number of anilines is 1. The number of aromatic nitrogens is 2. The number of carbonyl (C=O) groups is 1. The molecule has 0 spiro atoms. The number of hydrogen-bond acceptors (Lipinski definition) is 7. The van der Waals surface area contributed by atoms with Gasteiger partial charge in [-0.15, -0.1) is 10.2 Å². The predicted octanol–water partition coefficient (Wildman–Crippen LogP) is 1.50. The molecule has 8 heteroatoms. The third-order valence-corrected chi connectivity index (χ3v) is 5.18. The van der Waals surface area contributed by atoms with Gasteiger partial charge in [-0.1, -0.05) is 23.1 Å². The van der Waals surface area contributed by atoms with E-state index in [4.69, 9.17) is 4.74 Å². The minimum atomic E-state index is 0.0254. The van der Waals surface area contributed by atoms with Crippen LogP contribution in [0.4, 0.5) is 5.13 Å². The average molecular weight is 314 g/mol. The van der Waals surface area contributed by atoms with Crippen LogP contribution in [0, 0.1) is 0 Å². The molecule has 1 atom stereocenters. The standard InChI is InChI=1S/C12H18N4O2S2/c17-10(13-6-9-2-1-5-18-9)7-19-12-16-15-11(20-12)14-8-3-4-8/h8-9H,1-7H2,(H,13,17)(H,14,15)/t9-/m1/s1. The molecule has 1 saturated carbocycles. The summed E-state index contributed by atoms with van der Waals surface area (Å²) in [6, 6.07) is 0.579. The predicted molar refractivity (Wildman–Crippen MR) is 79.3 cm³/mol. The van der Waals surface area contributed by atoms with Gasteiger partial charge in [0.2, 0.25) is 11.0 Å². The van der Waals surface area contributed by atoms with Crippen molar-refractivity contribution in [2.45, 2.75) is 42.2 Å². The highest BCUT2D eigenvalue weighted by Crippen LogP contribution is 2.30. The molecule has 2 aliphatic rings. The van der Waals surface area contributed by atoms with Crippen LogP contribution in [0.1, 0.15) is 25.7 Å². The topological polar surface area (TPSA) is 76.1 Å². The van der Waals surface area contributed by atoms with Crippen LogP contribution < -0.4 is 10.6 Å². The van der Waals surface area contributed by atoms with E-state index in [1.54, 1.807) is 0 Å². The minimum absolute atomic E-state index is 0.0254. The summed E-state index contributed by atoms with van der Waals surface area (Å²) >= 11 is 2.94. The zero-order valence-electron chi connectivity index (χ0n) is 11.1. The Labute approximate surface area is 126 Å². The summed E-state index contributed by atoms with van der Waals surface area (Å²) in [5.41, 5.74) is 0. The van der Waals surface area contributed by atoms with Gasteiger partial charge in [-0.25, -0.2) is 0 Å². The smallest absolute Gasteiger partial charge is 0.230 e. The van der Waals surface area contributed by atoms with Gasteiger partial charge >= 0.3 is 0 Å². The Balaban J connectivity index is 1.34. The number of thioether (sulfide) groups is 1. The molecule has 0 aromatic carbocycles. The van der Waals surface area contributed by atoms with Crippen LogP contribution in [0.25, 0.3) is 0 Å². The van der Waals surface area contributed by atoms with Gasteiger partial charge < -0.3 is 15.4 Å². The third kappa shape index (κ3) is 4.32. The summed E-state index contributed by atoms with van der Waals surface area (Å²) in [4.78, 5) is 11.7. The molecule has 1 aliphatic carbocycles. The molecule has 3 rings (SSSR count). The van der Waals surface area contributed by atoms with E-state index < -0.39 is 0 Å². The second-order valence-corrected chi connectivity index (χ2v) is 7.22. The van der Waals surface area contributed by atoms with E-state index in [1.165, 1.54) is 35.9 Å². The van der Waals surface area contributed by atoms with E-state index in [2.05, 4.69) is 20.8 Å². The zero-order valence-corrected chi connectivity index (χ0v) is 12.8. The molecule has 1 aromatic heterocycles. The SMILES string of the molecule is O=C(CSc1nnc(NC2CC2)s1)NC[C@H]1CCCO1. The lowest BCUT2D eigenvalue weighted by molar-refractivity contribution is -0.119. The normalized spacial score (nSPS) is 21.9. The molecule has 2 N–H and O–H groups in total. The van der Waals surface area contributed by atoms with E-state index in [9.17, 15) is 4.79 Å². The maximum atomic E-state index is 11.7. The number of ether oxygens (including phenoxy) is 1. The fraction of sp³-hybridized carbons (Fsp3) is 0.750. The summed E-state index contributed by atoms with van der Waals surface area (Å²) in [6.45, 7) is 1.43. The number of hydrogen-bond donors (Lipinski definition) is 2. The van der Waals surface area contributed by atoms with Crippen molar-refractivity contribution in [2.75, 3.05) is 24.2 Å². The van der Waals surface area contributed by atoms with Crippen molar-refractivity contribution in [1.82, 2.24) is 15.5 Å². The largest absolute Gasteiger partial charge is 0.376 e. The lowest BCUT2D eigenvalue weighted by Crippen LogP contribution is -2.32. The Bertz CT molecular complexity index is 458. The maximum Gasteiger partial charge on any atom is 0.230 e. The second-order valence-electron chi connectivity index (χ2n) is 5.02. The molecule has 110 valence electrons. The molecule has 2 heterocycles. The average Bonchev–Trinajstić information content (AvgIpc) is 2.93. The molecule has 0 radical (unpaired) electrons. The first kappa shape index (κ1) is 14.1. The van der Waals surface area contributed by atoms with Crippen LogP contribution >= 0.6 is 23.1 Å². The Kier molecular flexibility index (Phi) is 4.74. The first-order chi connectivity index (χ1) is 9.79. The first-order valence-electron chi connectivity index (χ1n) is 6.91. The van der Waals surface area contributed by atoms with E-state index in [-0.39, 0.29) is 12.0 Å².